The van der Waals surface area contributed by atoms with Crippen molar-refractivity contribution in [2.75, 3.05) is 24.8 Å². The third-order valence-corrected chi connectivity index (χ3v) is 10.2. The zero-order valence-corrected chi connectivity index (χ0v) is 32.4. The van der Waals surface area contributed by atoms with Crippen LogP contribution in [0.1, 0.15) is 0 Å². The van der Waals surface area contributed by atoms with E-state index in [-0.39, 0.29) is 54.2 Å². The van der Waals surface area contributed by atoms with Crippen molar-refractivity contribution in [3.63, 3.8) is 0 Å². The predicted octanol–water partition coefficient (Wildman–Crippen LogP) is -3.32. The number of methoxy groups -OCH3 is 1. The molecular weight excluding hydrogens is 806 g/mol. The second-order valence-electron chi connectivity index (χ2n) is 9.21. The van der Waals surface area contributed by atoms with Gasteiger partial charge in [-0.3, -0.25) is 9.11 Å². The van der Waals surface area contributed by atoms with Gasteiger partial charge in [-0.15, -0.1) is 16.2 Å². The summed E-state index contributed by atoms with van der Waals surface area (Å²) in [7, 11) is -19.1. The van der Waals surface area contributed by atoms with E-state index in [9.17, 15) is 47.9 Å². The number of hydrogen-bond acceptors (Lipinski definition) is 19. The van der Waals surface area contributed by atoms with Crippen LogP contribution in [0.15, 0.2) is 66.3 Å². The van der Waals surface area contributed by atoms with Gasteiger partial charge in [-0.05, 0) is 48.0 Å². The van der Waals surface area contributed by atoms with E-state index in [1.54, 1.807) is 0 Å². The van der Waals surface area contributed by atoms with E-state index < -0.39 is 118 Å². The molecule has 52 heavy (non-hydrogen) atoms. The average molecular weight is 823 g/mol. The Kier molecular flexibility index (Phi) is 15.0. The Bertz CT molecular complexity index is 2580. The molecule has 0 saturated carbocycles. The summed E-state index contributed by atoms with van der Waals surface area (Å²) in [6.45, 7) is -0.968. The average Bonchev–Trinajstić information content (AvgIpc) is 2.98. The quantitative estimate of drug-likeness (QED) is 0.0443. The molecule has 29 heteroatoms. The van der Waals surface area contributed by atoms with Gasteiger partial charge < -0.3 is 30.1 Å². The van der Waals surface area contributed by atoms with Crippen molar-refractivity contribution < 1.29 is 110 Å². The first kappa shape index (κ1) is 45.0. The van der Waals surface area contributed by atoms with Crippen molar-refractivity contribution in [1.29, 1.82) is 0 Å². The zero-order chi connectivity index (χ0) is 37.2. The summed E-state index contributed by atoms with van der Waals surface area (Å²) in [5.41, 5.74) is -2.01. The van der Waals surface area contributed by atoms with Gasteiger partial charge >= 0.3 is 58.8 Å². The van der Waals surface area contributed by atoms with Gasteiger partial charge in [0.25, 0.3) is 10.1 Å². The van der Waals surface area contributed by atoms with Gasteiger partial charge in [-0.2, -0.15) is 26.8 Å². The van der Waals surface area contributed by atoms with E-state index in [4.69, 9.17) is 26.3 Å². The van der Waals surface area contributed by atoms with E-state index >= 15 is 0 Å². The van der Waals surface area contributed by atoms with Crippen LogP contribution in [0.25, 0.3) is 16.2 Å². The largest absolute Gasteiger partial charge is 1.00 e. The summed E-state index contributed by atoms with van der Waals surface area (Å²) >= 11 is 5.78. The van der Waals surface area contributed by atoms with Crippen molar-refractivity contribution >= 4 is 97.8 Å². The maximum absolute atomic E-state index is 12.7. The van der Waals surface area contributed by atoms with Crippen LogP contribution >= 0.6 is 11.6 Å². The number of benzene rings is 3. The number of sulfone groups is 1. The number of aromatic hydroxyl groups is 1. The smallest absolute Gasteiger partial charge is 0.744 e. The van der Waals surface area contributed by atoms with Crippen LogP contribution < -0.4 is 58.5 Å². The summed E-state index contributed by atoms with van der Waals surface area (Å²) in [5.74, 6) is -3.24. The second-order valence-corrected chi connectivity index (χ2v) is 15.5. The Morgan fingerprint density at radius 3 is 2.23 bits per heavy atom. The molecule has 0 unspecified atom stereocenters. The number of rotatable bonds is 13. The van der Waals surface area contributed by atoms with Crippen LogP contribution in [0.4, 0.5) is 29.0 Å². The number of fused-ring (bicyclic) bond motifs is 1. The summed E-state index contributed by atoms with van der Waals surface area (Å²) in [4.78, 5) is 11.3. The number of anilines is 2. The molecule has 0 aliphatic carbocycles. The zero-order valence-electron chi connectivity index (χ0n) is 26.4. The molecule has 0 aliphatic rings. The van der Waals surface area contributed by atoms with Crippen LogP contribution in [-0.4, -0.2) is 92.9 Å². The maximum Gasteiger partial charge on any atom is 1.00 e. The molecule has 0 atom stereocenters. The molecule has 0 saturated heterocycles. The van der Waals surface area contributed by atoms with Crippen LogP contribution in [0.5, 0.6) is 11.5 Å². The molecule has 1 heterocycles. The number of phenols is 1. The topological polar surface area (TPSA) is 349 Å². The van der Waals surface area contributed by atoms with Gasteiger partial charge in [0.1, 0.15) is 32.1 Å². The fourth-order valence-electron chi connectivity index (χ4n) is 4.08. The Morgan fingerprint density at radius 2 is 1.65 bits per heavy atom. The first-order valence-electron chi connectivity index (χ1n) is 12.6. The minimum Gasteiger partial charge on any atom is -0.744 e. The fourth-order valence-corrected chi connectivity index (χ4v) is 7.22. The molecule has 4 aromatic rings. The summed E-state index contributed by atoms with van der Waals surface area (Å²) < 4.78 is 137. The van der Waals surface area contributed by atoms with Crippen LogP contribution in [0, 0.1) is 0 Å². The molecule has 0 bridgehead atoms. The first-order chi connectivity index (χ1) is 23.1. The molecule has 22 nitrogen and oxygen atoms in total. The van der Waals surface area contributed by atoms with Crippen molar-refractivity contribution in [2.24, 2.45) is 15.2 Å². The normalized spacial score (nSPS) is 12.1. The predicted molar refractivity (Wildman–Crippen MR) is 169 cm³/mol. The third kappa shape index (κ3) is 10.9. The van der Waals surface area contributed by atoms with Gasteiger partial charge in [0.2, 0.25) is 11.2 Å². The number of ether oxygens (including phenoxy) is 1. The number of aliphatic imine (C=N–C) groups is 1. The number of azo groups is 1. The number of nitrogens with one attached hydrogen (secondary N) is 1. The Labute approximate surface area is 333 Å². The third-order valence-electron chi connectivity index (χ3n) is 6.06. The summed E-state index contributed by atoms with van der Waals surface area (Å²) in [6, 6.07) is 6.78. The molecule has 4 N–H and O–H groups in total. The Hall–Kier alpha value is -3.16. The number of phenolic OH excluding ortho intramolecular Hbond substituents is 1. The number of aromatic nitrogens is 3. The van der Waals surface area contributed by atoms with Crippen molar-refractivity contribution in [1.82, 2.24) is 15.0 Å². The molecule has 0 spiro atoms. The van der Waals surface area contributed by atoms with E-state index in [0.29, 0.717) is 6.07 Å². The van der Waals surface area contributed by atoms with Gasteiger partial charge in [0.15, 0.2) is 21.5 Å². The molecule has 0 radical (unpaired) electrons. The van der Waals surface area contributed by atoms with Gasteiger partial charge in [0.05, 0.1) is 34.9 Å². The van der Waals surface area contributed by atoms with E-state index in [0.717, 1.165) is 37.4 Å². The van der Waals surface area contributed by atoms with Crippen LogP contribution in [-0.2, 0) is 44.7 Å². The van der Waals surface area contributed by atoms with Crippen molar-refractivity contribution in [2.45, 2.75) is 14.7 Å². The SMILES string of the molecule is COc1ccc(S(=O)(=O)CCOS(=O)(=O)O)cc1N=Nc1c(S(=O)(=O)[O-])cc2c(S(=O)(=O)O)c(Nc3nc(Cl)nc(N=C=[N-])n3)ccc2c1O.[Li+].[Na+]. The summed E-state index contributed by atoms with van der Waals surface area (Å²) in [5, 5.41) is 27.8. The van der Waals surface area contributed by atoms with Crippen molar-refractivity contribution in [3.05, 3.63) is 47.1 Å². The fraction of sp³-hybridized carbons (Fsp3) is 0.130. The molecular formula is C23H17ClLiN8NaO14S4. The Morgan fingerprint density at radius 1 is 0.981 bits per heavy atom. The van der Waals surface area contributed by atoms with Gasteiger partial charge in [0, 0.05) is 10.8 Å². The van der Waals surface area contributed by atoms with Gasteiger partial charge in [-0.25, -0.2) is 26.0 Å². The Balaban J connectivity index is 0.00000468. The maximum atomic E-state index is 12.7. The standard InChI is InChI=1S/C23H18ClN8O14S4.Li.Na/c1-45-16-5-2-11(47(34,35)7-6-46-50(42,43)44)8-15(16)31-32-18-17(48(36,37)38)9-13-12(19(18)33)3-4-14(20(13)49(39,40)41)27-23-29-21(24)28-22(30-23)26-10-25;;/h2-5,8-9,33H,6-7H2,1H3,(H,36,37,38)(H,39,40,41)(H,42,43,44)(H,27,28,29,30);;/q-1;2*+1/p-1. The minimum atomic E-state index is -5.64. The molecule has 0 amide bonds. The van der Waals surface area contributed by atoms with E-state index in [2.05, 4.69) is 39.7 Å². The van der Waals surface area contributed by atoms with Gasteiger partial charge in [-0.1, -0.05) is 0 Å². The first-order valence-corrected chi connectivity index (χ1v) is 18.9. The van der Waals surface area contributed by atoms with E-state index in [1.165, 1.54) is 6.01 Å². The molecule has 266 valence electrons. The number of hydrogen-bond donors (Lipinski definition) is 4. The number of nitrogens with zero attached hydrogens (tertiary/aromatic N) is 7. The monoisotopic (exact) mass is 822 g/mol. The van der Waals surface area contributed by atoms with Crippen LogP contribution in [0.3, 0.4) is 0 Å². The van der Waals surface area contributed by atoms with Crippen LogP contribution in [0.2, 0.25) is 5.28 Å². The second kappa shape index (κ2) is 17.3. The van der Waals surface area contributed by atoms with E-state index in [1.807, 2.05) is 0 Å². The molecule has 3 aromatic carbocycles. The molecule has 4 rings (SSSR count). The summed E-state index contributed by atoms with van der Waals surface area (Å²) in [6.07, 6.45) is 0. The number of halogens is 1. The molecule has 0 fully saturated rings. The molecule has 0 aliphatic heterocycles. The van der Waals surface area contributed by atoms with Crippen molar-refractivity contribution in [3.8, 4) is 11.5 Å². The minimum absolute atomic E-state index is 0. The molecule has 1 aromatic heterocycles.